The first-order valence-corrected chi connectivity index (χ1v) is 20.3. The second-order valence-electron chi connectivity index (χ2n) is 16.8. The minimum atomic E-state index is -2.41. The molecule has 0 saturated carbocycles. The third-order valence-electron chi connectivity index (χ3n) is 12.7. The molecule has 1 aromatic heterocycles. The summed E-state index contributed by atoms with van der Waals surface area (Å²) in [6.45, 7) is 0.933. The van der Waals surface area contributed by atoms with E-state index in [-0.39, 0.29) is 41.1 Å². The number of phenolic OH excluding ortho intramolecular Hbond substituents is 2. The summed E-state index contributed by atoms with van der Waals surface area (Å²) in [5.41, 5.74) is -0.182. The Balaban J connectivity index is 1.10. The summed E-state index contributed by atoms with van der Waals surface area (Å²) in [5.74, 6) is 0.477. The molecule has 61 heavy (non-hydrogen) atoms. The molecule has 4 aliphatic heterocycles. The SMILES string of the molecule is Cc1cc(=O)c2cc3c(c(N4C=C5N=CC=C5C4)c2o1)O[C@@]1(CC=C[C@@H]([C@@H]2CNC(=O)C2)C1)[C@H](OOC[C@@](O)(Cc1ccc(O)c2ccc(O)cc12)[C@@H](O)[C@H](O)[C@H](O)CO)C3. The van der Waals surface area contributed by atoms with Crippen LogP contribution in [0.1, 0.15) is 36.1 Å². The van der Waals surface area contributed by atoms with E-state index in [1.807, 2.05) is 23.3 Å². The number of carbonyl (C=O) groups is 1. The van der Waals surface area contributed by atoms with Gasteiger partial charge in [-0.25, -0.2) is 9.78 Å². The predicted molar refractivity (Wildman–Crippen MR) is 221 cm³/mol. The number of hydrogen-bond acceptors (Lipinski definition) is 15. The van der Waals surface area contributed by atoms with Crippen LogP contribution >= 0.6 is 0 Å². The summed E-state index contributed by atoms with van der Waals surface area (Å²) in [7, 11) is 0. The number of nitrogens with one attached hydrogen (secondary N) is 1. The van der Waals surface area contributed by atoms with Crippen molar-refractivity contribution in [2.24, 2.45) is 16.8 Å². The van der Waals surface area contributed by atoms with E-state index in [4.69, 9.17) is 18.9 Å². The lowest BCUT2D eigenvalue weighted by Crippen LogP contribution is -2.58. The molecule has 1 aliphatic carbocycles. The lowest BCUT2D eigenvalue weighted by atomic mass is 9.71. The lowest BCUT2D eigenvalue weighted by molar-refractivity contribution is -0.373. The van der Waals surface area contributed by atoms with E-state index in [9.17, 15) is 45.3 Å². The summed E-state index contributed by atoms with van der Waals surface area (Å²) in [6.07, 6.45) is 3.49. The molecule has 1 saturated heterocycles. The number of aliphatic hydroxyl groups is 5. The van der Waals surface area contributed by atoms with E-state index >= 15 is 0 Å². The van der Waals surface area contributed by atoms with E-state index in [1.165, 1.54) is 36.4 Å². The van der Waals surface area contributed by atoms with Gasteiger partial charge in [0.05, 0.1) is 24.2 Å². The van der Waals surface area contributed by atoms with Crippen molar-refractivity contribution in [1.82, 2.24) is 5.32 Å². The van der Waals surface area contributed by atoms with Gasteiger partial charge in [0, 0.05) is 67.2 Å². The van der Waals surface area contributed by atoms with Gasteiger partial charge in [0.1, 0.15) is 65.2 Å². The quantitative estimate of drug-likeness (QED) is 0.0581. The third kappa shape index (κ3) is 7.37. The highest BCUT2D eigenvalue weighted by Gasteiger charge is 2.52. The van der Waals surface area contributed by atoms with Crippen LogP contribution in [0.15, 0.2) is 92.4 Å². The van der Waals surface area contributed by atoms with Gasteiger partial charge >= 0.3 is 0 Å². The van der Waals surface area contributed by atoms with Gasteiger partial charge in [-0.2, -0.15) is 0 Å². The summed E-state index contributed by atoms with van der Waals surface area (Å²) in [6, 6.07) is 10.3. The number of phenols is 2. The Labute approximate surface area is 348 Å². The number of fused-ring (bicyclic) bond motifs is 4. The van der Waals surface area contributed by atoms with Crippen LogP contribution in [0.3, 0.4) is 0 Å². The van der Waals surface area contributed by atoms with Gasteiger partial charge in [-0.15, -0.1) is 0 Å². The van der Waals surface area contributed by atoms with Crippen LogP contribution in [-0.2, 0) is 27.4 Å². The van der Waals surface area contributed by atoms with Crippen molar-refractivity contribution in [3.63, 3.8) is 0 Å². The Morgan fingerprint density at radius 3 is 2.67 bits per heavy atom. The van der Waals surface area contributed by atoms with Gasteiger partial charge < -0.3 is 55.1 Å². The van der Waals surface area contributed by atoms with Crippen molar-refractivity contribution in [3.8, 4) is 17.2 Å². The number of aliphatic imine (C=N–C) groups is 1. The van der Waals surface area contributed by atoms with Crippen LogP contribution in [0.25, 0.3) is 21.7 Å². The Kier molecular flexibility index (Phi) is 10.5. The summed E-state index contributed by atoms with van der Waals surface area (Å²) >= 11 is 0. The number of benzene rings is 3. The fourth-order valence-electron chi connectivity index (χ4n) is 9.43. The van der Waals surface area contributed by atoms with Gasteiger partial charge in [-0.3, -0.25) is 14.6 Å². The highest BCUT2D eigenvalue weighted by Crippen LogP contribution is 2.51. The molecule has 8 atom stereocenters. The molecule has 8 N–H and O–H groups in total. The monoisotopic (exact) mass is 837 g/mol. The van der Waals surface area contributed by atoms with Crippen molar-refractivity contribution in [2.75, 3.05) is 31.2 Å². The molecule has 1 spiro atoms. The number of amides is 1. The molecule has 3 aromatic carbocycles. The topological polar surface area (TPSA) is 244 Å². The third-order valence-corrected chi connectivity index (χ3v) is 12.7. The Morgan fingerprint density at radius 1 is 1.07 bits per heavy atom. The first-order chi connectivity index (χ1) is 29.3. The largest absolute Gasteiger partial charge is 0.508 e. The van der Waals surface area contributed by atoms with Gasteiger partial charge in [-0.1, -0.05) is 18.2 Å². The Bertz CT molecular complexity index is 2600. The fourth-order valence-corrected chi connectivity index (χ4v) is 9.43. The van der Waals surface area contributed by atoms with Crippen molar-refractivity contribution >= 4 is 39.6 Å². The normalized spacial score (nSPS) is 25.5. The second-order valence-corrected chi connectivity index (χ2v) is 16.8. The maximum absolute atomic E-state index is 13.6. The van der Waals surface area contributed by atoms with Crippen LogP contribution < -0.4 is 20.4 Å². The van der Waals surface area contributed by atoms with Crippen LogP contribution in [0.2, 0.25) is 0 Å². The standard InChI is InChI=1S/C45H47N3O13/c1-23-11-35(52)32-12-27-13-37(61-58-22-44(57,43(56)40(55)36(53)21-49)16-25-4-7-34(51)30-6-5-29(50)15-31(25)30)45(9-2-3-24(17-45)28-14-38(54)47-18-28)60-41(27)39(42(32)59-23)48-19-26-8-10-46-33(26)20-48/h2-8,10-12,15,20,24,28,36-37,40,43,49-51,53,55-57H,9,13-14,16-19,21-22H2,1H3,(H,47,54)/t24-,28+,36-,37-,40-,43+,44+,45-/m1/s1. The summed E-state index contributed by atoms with van der Waals surface area (Å²) in [4.78, 5) is 44.6. The molecule has 1 fully saturated rings. The molecule has 9 rings (SSSR count). The van der Waals surface area contributed by atoms with E-state index in [2.05, 4.69) is 16.4 Å². The van der Waals surface area contributed by atoms with Crippen molar-refractivity contribution in [2.45, 2.75) is 74.6 Å². The van der Waals surface area contributed by atoms with E-state index in [0.29, 0.717) is 82.4 Å². The summed E-state index contributed by atoms with van der Waals surface area (Å²) < 4.78 is 13.5. The number of rotatable bonds is 12. The first-order valence-electron chi connectivity index (χ1n) is 20.3. The van der Waals surface area contributed by atoms with Crippen LogP contribution in [0.4, 0.5) is 5.69 Å². The number of aliphatic hydroxyl groups excluding tert-OH is 4. The predicted octanol–water partition coefficient (Wildman–Crippen LogP) is 2.48. The van der Waals surface area contributed by atoms with Gasteiger partial charge in [-0.05, 0) is 72.5 Å². The lowest BCUT2D eigenvalue weighted by Gasteiger charge is -2.48. The molecule has 4 aromatic rings. The molecule has 0 radical (unpaired) electrons. The number of ether oxygens (including phenoxy) is 1. The molecule has 0 bridgehead atoms. The molecular weight excluding hydrogens is 791 g/mol. The van der Waals surface area contributed by atoms with Gasteiger partial charge in [0.15, 0.2) is 16.8 Å². The van der Waals surface area contributed by atoms with Crippen molar-refractivity contribution in [3.05, 3.63) is 105 Å². The number of aromatic hydroxyl groups is 2. The molecule has 1 amide bonds. The Morgan fingerprint density at radius 2 is 1.90 bits per heavy atom. The number of hydrogen-bond donors (Lipinski definition) is 8. The van der Waals surface area contributed by atoms with Crippen molar-refractivity contribution < 1.29 is 59.5 Å². The molecule has 16 nitrogen and oxygen atoms in total. The molecular formula is C45H47N3O13. The van der Waals surface area contributed by atoms with Gasteiger partial charge in [0.25, 0.3) is 0 Å². The number of allylic oxidation sites excluding steroid dienone is 2. The maximum Gasteiger partial charge on any atom is 0.220 e. The smallest absolute Gasteiger partial charge is 0.220 e. The van der Waals surface area contributed by atoms with Gasteiger partial charge in [0.2, 0.25) is 5.91 Å². The molecule has 16 heteroatoms. The minimum Gasteiger partial charge on any atom is -0.508 e. The molecule has 5 aliphatic rings. The first kappa shape index (κ1) is 40.8. The number of nitrogens with zero attached hydrogens (tertiary/aromatic N) is 2. The number of aryl methyl sites for hydroxylation is 1. The maximum atomic E-state index is 13.6. The van der Waals surface area contributed by atoms with Crippen molar-refractivity contribution in [1.29, 1.82) is 0 Å². The van der Waals surface area contributed by atoms with E-state index in [0.717, 1.165) is 11.3 Å². The molecule has 0 unspecified atom stereocenters. The average Bonchev–Trinajstić information content (AvgIpc) is 3.98. The van der Waals surface area contributed by atoms with E-state index < -0.39 is 55.3 Å². The zero-order chi connectivity index (χ0) is 42.8. The highest BCUT2D eigenvalue weighted by atomic mass is 17.2. The van der Waals surface area contributed by atoms with E-state index in [1.54, 1.807) is 19.2 Å². The highest BCUT2D eigenvalue weighted by molar-refractivity contribution is 5.96. The van der Waals surface area contributed by atoms with Crippen LogP contribution in [0.5, 0.6) is 17.2 Å². The fraction of sp³-hybridized carbons (Fsp3) is 0.400. The number of anilines is 1. The molecule has 5 heterocycles. The zero-order valence-corrected chi connectivity index (χ0v) is 33.2. The number of carbonyl (C=O) groups excluding carboxylic acids is 1. The molecule has 320 valence electrons. The second kappa shape index (κ2) is 15.7. The Hall–Kier alpha value is -5.59. The zero-order valence-electron chi connectivity index (χ0n) is 33.2. The van der Waals surface area contributed by atoms with Crippen LogP contribution in [0, 0.1) is 18.8 Å². The van der Waals surface area contributed by atoms with Crippen LogP contribution in [-0.4, -0.2) is 110 Å². The average molecular weight is 838 g/mol. The summed E-state index contributed by atoms with van der Waals surface area (Å²) in [5, 5.41) is 79.4. The minimum absolute atomic E-state index is 0.0315.